The molecule has 246 valence electrons. The smallest absolute Gasteiger partial charge is 0.212 e. The molecular formula is C26H61N3O6S3Si3. The van der Waals surface area contributed by atoms with Crippen LogP contribution in [0.1, 0.15) is 32.1 Å². The van der Waals surface area contributed by atoms with E-state index in [0.717, 1.165) is 6.42 Å². The van der Waals surface area contributed by atoms with Gasteiger partial charge >= 0.3 is 0 Å². The van der Waals surface area contributed by atoms with E-state index in [-0.39, 0.29) is 30.3 Å². The van der Waals surface area contributed by atoms with E-state index in [4.69, 9.17) is 0 Å². The van der Waals surface area contributed by atoms with E-state index in [1.165, 1.54) is 4.31 Å². The van der Waals surface area contributed by atoms with Gasteiger partial charge in [-0.15, -0.1) is 0 Å². The molecule has 0 aliphatic carbocycles. The molecule has 9 nitrogen and oxygen atoms in total. The molecule has 1 aliphatic heterocycles. The van der Waals surface area contributed by atoms with Gasteiger partial charge in [-0.2, -0.15) is 0 Å². The Balaban J connectivity index is 3.21. The van der Waals surface area contributed by atoms with Gasteiger partial charge in [0.15, 0.2) is 0 Å². The summed E-state index contributed by atoms with van der Waals surface area (Å²) in [5.41, 5.74) is 0. The van der Waals surface area contributed by atoms with Crippen molar-refractivity contribution in [3.8, 4) is 0 Å². The molecule has 0 aromatic carbocycles. The fraction of sp³-hybridized carbons (Fsp3) is 1.00. The molecule has 0 saturated carbocycles. The molecule has 1 saturated heterocycles. The summed E-state index contributed by atoms with van der Waals surface area (Å²) in [7, 11) is -15.2. The molecule has 0 spiro atoms. The highest BCUT2D eigenvalue weighted by Gasteiger charge is 2.30. The van der Waals surface area contributed by atoms with E-state index in [0.29, 0.717) is 70.0 Å². The molecule has 0 aromatic heterocycles. The molecule has 0 atom stereocenters. The lowest BCUT2D eigenvalue weighted by Crippen LogP contribution is -2.42. The molecule has 41 heavy (non-hydrogen) atoms. The molecule has 0 bridgehead atoms. The molecule has 0 N–H and O–H groups in total. The largest absolute Gasteiger partial charge is 0.213 e. The van der Waals surface area contributed by atoms with Gasteiger partial charge in [-0.05, 0) is 43.8 Å². The third-order valence-electron chi connectivity index (χ3n) is 7.46. The average Bonchev–Trinajstić information content (AvgIpc) is 2.80. The minimum absolute atomic E-state index is 0.0825. The molecular weight excluding hydrogens is 631 g/mol. The van der Waals surface area contributed by atoms with Crippen LogP contribution in [0.3, 0.4) is 0 Å². The normalized spacial score (nSPS) is 20.1. The minimum atomic E-state index is -3.54. The first kappa shape index (κ1) is 39.4. The topological polar surface area (TPSA) is 112 Å². The van der Waals surface area contributed by atoms with Crippen molar-refractivity contribution < 1.29 is 25.3 Å². The van der Waals surface area contributed by atoms with Crippen LogP contribution in [0.4, 0.5) is 0 Å². The van der Waals surface area contributed by atoms with Gasteiger partial charge in [-0.1, -0.05) is 65.3 Å². The van der Waals surface area contributed by atoms with E-state index >= 15 is 0 Å². The van der Waals surface area contributed by atoms with Crippen LogP contribution >= 0.6 is 0 Å². The van der Waals surface area contributed by atoms with Crippen molar-refractivity contribution in [3.05, 3.63) is 0 Å². The second-order valence-corrected chi connectivity index (χ2v) is 38.5. The Morgan fingerprint density at radius 2 is 0.610 bits per heavy atom. The van der Waals surface area contributed by atoms with Crippen molar-refractivity contribution >= 4 is 54.3 Å². The van der Waals surface area contributed by atoms with Crippen molar-refractivity contribution in [1.29, 1.82) is 0 Å². The lowest BCUT2D eigenvalue weighted by Gasteiger charge is -2.29. The van der Waals surface area contributed by atoms with Crippen LogP contribution in [0, 0.1) is 0 Å². The zero-order valence-corrected chi connectivity index (χ0v) is 33.0. The second kappa shape index (κ2) is 16.1. The summed E-state index contributed by atoms with van der Waals surface area (Å²) < 4.78 is 84.9. The second-order valence-electron chi connectivity index (χ2n) is 15.3. The molecule has 0 aromatic rings. The molecule has 0 radical (unpaired) electrons. The van der Waals surface area contributed by atoms with Crippen LogP contribution in [0.15, 0.2) is 0 Å². The zero-order chi connectivity index (χ0) is 31.8. The quantitative estimate of drug-likeness (QED) is 0.270. The Bertz CT molecular complexity index is 1050. The summed E-state index contributed by atoms with van der Waals surface area (Å²) in [5.74, 6) is 0.341. The predicted octanol–water partition coefficient (Wildman–Crippen LogP) is 4.86. The first-order valence-corrected chi connectivity index (χ1v) is 31.3. The van der Waals surface area contributed by atoms with Gasteiger partial charge < -0.3 is 0 Å². The van der Waals surface area contributed by atoms with Crippen LogP contribution in [-0.2, 0) is 30.1 Å². The van der Waals surface area contributed by atoms with Crippen molar-refractivity contribution in [2.45, 2.75) is 109 Å². The summed E-state index contributed by atoms with van der Waals surface area (Å²) in [6, 6.07) is 2.03. The van der Waals surface area contributed by atoms with Crippen LogP contribution in [0.5, 0.6) is 0 Å². The van der Waals surface area contributed by atoms with Crippen molar-refractivity contribution in [1.82, 2.24) is 12.9 Å². The monoisotopic (exact) mass is 691 g/mol. The molecule has 15 heteroatoms. The van der Waals surface area contributed by atoms with Crippen molar-refractivity contribution in [2.24, 2.45) is 0 Å². The van der Waals surface area contributed by atoms with Gasteiger partial charge in [0, 0.05) is 63.5 Å². The Morgan fingerprint density at radius 3 is 0.829 bits per heavy atom. The van der Waals surface area contributed by atoms with Crippen LogP contribution < -0.4 is 0 Å². The minimum Gasteiger partial charge on any atom is -0.212 e. The highest BCUT2D eigenvalue weighted by Crippen LogP contribution is 2.19. The Morgan fingerprint density at radius 1 is 0.390 bits per heavy atom. The molecule has 1 rings (SSSR count). The first-order valence-electron chi connectivity index (χ1n) is 15.4. The number of nitrogens with zero attached hydrogens (tertiary/aromatic N) is 3. The highest BCUT2D eigenvalue weighted by atomic mass is 32.2. The maximum atomic E-state index is 13.4. The lowest BCUT2D eigenvalue weighted by molar-refractivity contribution is 0.323. The first-order chi connectivity index (χ1) is 18.4. The van der Waals surface area contributed by atoms with Gasteiger partial charge in [0.2, 0.25) is 30.1 Å². The van der Waals surface area contributed by atoms with E-state index < -0.39 is 54.3 Å². The summed E-state index contributed by atoms with van der Waals surface area (Å²) in [4.78, 5) is 0. The number of sulfonamides is 3. The fourth-order valence-electron chi connectivity index (χ4n) is 4.46. The van der Waals surface area contributed by atoms with E-state index in [1.807, 2.05) is 0 Å². The number of rotatable bonds is 12. The Hall–Kier alpha value is 0.381. The summed E-state index contributed by atoms with van der Waals surface area (Å²) in [5, 5.41) is 0. The maximum Gasteiger partial charge on any atom is 0.213 e. The van der Waals surface area contributed by atoms with Crippen LogP contribution in [0.2, 0.25) is 77.1 Å². The van der Waals surface area contributed by atoms with Crippen molar-refractivity contribution in [2.75, 3.05) is 56.5 Å². The summed E-state index contributed by atoms with van der Waals surface area (Å²) in [6.45, 7) is 21.3. The third-order valence-corrected chi connectivity index (χ3v) is 19.4. The lowest BCUT2D eigenvalue weighted by atomic mass is 10.2. The molecule has 0 unspecified atom stereocenters. The fourth-order valence-corrected chi connectivity index (χ4v) is 18.1. The third kappa shape index (κ3) is 16.9. The van der Waals surface area contributed by atoms with E-state index in [1.54, 1.807) is 8.61 Å². The Kier molecular flexibility index (Phi) is 15.5. The van der Waals surface area contributed by atoms with E-state index in [9.17, 15) is 25.3 Å². The maximum absolute atomic E-state index is 13.4. The predicted molar refractivity (Wildman–Crippen MR) is 184 cm³/mol. The van der Waals surface area contributed by atoms with Crippen LogP contribution in [0.25, 0.3) is 0 Å². The molecule has 1 aliphatic rings. The van der Waals surface area contributed by atoms with Crippen LogP contribution in [-0.4, -0.2) is 119 Å². The zero-order valence-electron chi connectivity index (χ0n) is 27.5. The van der Waals surface area contributed by atoms with Gasteiger partial charge in [0.05, 0.1) is 17.3 Å². The SMILES string of the molecule is C[Si](C)(C)CCS(=O)(=O)N1CCCCCN(S(=O)(=O)CC[Si](C)(C)C)CCCN(S(=O)(=O)CC[Si](C)(C)C)CCC1. The van der Waals surface area contributed by atoms with Gasteiger partial charge in [-0.3, -0.25) is 0 Å². The van der Waals surface area contributed by atoms with Crippen molar-refractivity contribution in [3.63, 3.8) is 0 Å². The molecule has 0 amide bonds. The van der Waals surface area contributed by atoms with Gasteiger partial charge in [-0.25, -0.2) is 38.2 Å². The van der Waals surface area contributed by atoms with Gasteiger partial charge in [0.1, 0.15) is 0 Å². The standard InChI is InChI=1S/C26H61N3O6S3Si3/c1-39(2,3)24-21-36(30,31)27-15-11-10-12-16-28(37(32,33)22-25-40(4,5)6)18-14-20-29(19-13-17-27)38(34,35)23-26-41(7,8)9/h10-26H2,1-9H3. The number of hydrogen-bond acceptors (Lipinski definition) is 6. The highest BCUT2D eigenvalue weighted by molar-refractivity contribution is 7.89. The average molecular weight is 692 g/mol. The number of hydrogen-bond donors (Lipinski definition) is 0. The van der Waals surface area contributed by atoms with E-state index in [2.05, 4.69) is 58.9 Å². The molecule has 1 heterocycles. The Labute approximate surface area is 257 Å². The molecule has 1 fully saturated rings. The summed E-state index contributed by atoms with van der Waals surface area (Å²) in [6.07, 6.45) is 2.92. The summed E-state index contributed by atoms with van der Waals surface area (Å²) >= 11 is 0. The van der Waals surface area contributed by atoms with Gasteiger partial charge in [0.25, 0.3) is 0 Å².